The number of furan rings is 1. The molecule has 1 aliphatic rings. The van der Waals surface area contributed by atoms with Crippen molar-refractivity contribution in [1.82, 2.24) is 10.2 Å². The number of carbonyl (C=O) groups is 2. The Hall–Kier alpha value is -2.56. The summed E-state index contributed by atoms with van der Waals surface area (Å²) in [6, 6.07) is 11.2. The molecule has 1 fully saturated rings. The monoisotopic (exact) mass is 326 g/mol. The third-order valence-corrected chi connectivity index (χ3v) is 4.39. The molecule has 1 aromatic carbocycles. The minimum Gasteiger partial charge on any atom is -0.467 e. The van der Waals surface area contributed by atoms with E-state index in [0.29, 0.717) is 5.56 Å². The van der Waals surface area contributed by atoms with Crippen LogP contribution in [0.15, 0.2) is 47.1 Å². The number of amides is 2. The lowest BCUT2D eigenvalue weighted by molar-refractivity contribution is -0.133. The van der Waals surface area contributed by atoms with Gasteiger partial charge in [-0.2, -0.15) is 0 Å². The lowest BCUT2D eigenvalue weighted by atomic mass is 10.1. The summed E-state index contributed by atoms with van der Waals surface area (Å²) in [7, 11) is 0. The van der Waals surface area contributed by atoms with Gasteiger partial charge in [-0.3, -0.25) is 9.59 Å². The first kappa shape index (κ1) is 16.3. The van der Waals surface area contributed by atoms with Gasteiger partial charge in [-0.1, -0.05) is 18.2 Å². The fraction of sp³-hybridized carbons (Fsp3) is 0.368. The van der Waals surface area contributed by atoms with Crippen molar-refractivity contribution in [3.63, 3.8) is 0 Å². The van der Waals surface area contributed by atoms with Crippen molar-refractivity contribution >= 4 is 11.8 Å². The van der Waals surface area contributed by atoms with Crippen molar-refractivity contribution in [2.24, 2.45) is 0 Å². The van der Waals surface area contributed by atoms with Gasteiger partial charge in [0.2, 0.25) is 5.91 Å². The molecule has 0 radical (unpaired) electrons. The van der Waals surface area contributed by atoms with E-state index in [1.54, 1.807) is 12.3 Å². The molecular formula is C19H22N2O3. The van der Waals surface area contributed by atoms with E-state index in [1.807, 2.05) is 49.1 Å². The summed E-state index contributed by atoms with van der Waals surface area (Å²) >= 11 is 0. The van der Waals surface area contributed by atoms with Crippen LogP contribution in [0.2, 0.25) is 0 Å². The summed E-state index contributed by atoms with van der Waals surface area (Å²) in [4.78, 5) is 26.8. The molecule has 1 N–H and O–H groups in total. The Kier molecular flexibility index (Phi) is 4.69. The number of hydrogen-bond acceptors (Lipinski definition) is 3. The van der Waals surface area contributed by atoms with Gasteiger partial charge in [-0.15, -0.1) is 0 Å². The number of hydrogen-bond donors (Lipinski definition) is 1. The van der Waals surface area contributed by atoms with Crippen molar-refractivity contribution in [2.45, 2.75) is 38.8 Å². The maximum atomic E-state index is 12.7. The van der Waals surface area contributed by atoms with E-state index in [0.717, 1.165) is 24.2 Å². The van der Waals surface area contributed by atoms with Gasteiger partial charge in [0.15, 0.2) is 0 Å². The highest BCUT2D eigenvalue weighted by molar-refractivity contribution is 5.97. The molecule has 1 aromatic heterocycles. The molecule has 2 amide bonds. The number of nitrogens with one attached hydrogen (secondary N) is 1. The summed E-state index contributed by atoms with van der Waals surface area (Å²) < 4.78 is 5.43. The molecule has 0 saturated heterocycles. The Morgan fingerprint density at radius 1 is 1.25 bits per heavy atom. The minimum absolute atomic E-state index is 0.00524. The number of benzene rings is 1. The Morgan fingerprint density at radius 2 is 2.00 bits per heavy atom. The number of rotatable bonds is 6. The van der Waals surface area contributed by atoms with Crippen LogP contribution in [0.5, 0.6) is 0 Å². The third-order valence-electron chi connectivity index (χ3n) is 4.39. The maximum Gasteiger partial charge on any atom is 0.251 e. The van der Waals surface area contributed by atoms with Gasteiger partial charge in [0.25, 0.3) is 5.91 Å². The van der Waals surface area contributed by atoms with Gasteiger partial charge in [-0.05, 0) is 50.5 Å². The molecule has 3 rings (SSSR count). The SMILES string of the molecule is Cc1ccccc1C(=O)NCC(=O)N(C1CC1)[C@H](C)c1ccco1. The van der Waals surface area contributed by atoms with Gasteiger partial charge in [0.1, 0.15) is 5.76 Å². The van der Waals surface area contributed by atoms with E-state index in [1.165, 1.54) is 0 Å². The van der Waals surface area contributed by atoms with Crippen LogP contribution < -0.4 is 5.32 Å². The smallest absolute Gasteiger partial charge is 0.251 e. The average molecular weight is 326 g/mol. The molecule has 2 aromatic rings. The first-order valence-electron chi connectivity index (χ1n) is 8.26. The second-order valence-electron chi connectivity index (χ2n) is 6.22. The molecule has 0 bridgehead atoms. The summed E-state index contributed by atoms with van der Waals surface area (Å²) in [5, 5.41) is 2.74. The predicted octanol–water partition coefficient (Wildman–Crippen LogP) is 3.07. The first-order chi connectivity index (χ1) is 11.6. The summed E-state index contributed by atoms with van der Waals surface area (Å²) in [5.41, 5.74) is 1.49. The highest BCUT2D eigenvalue weighted by atomic mass is 16.3. The van der Waals surface area contributed by atoms with Crippen LogP contribution in [-0.4, -0.2) is 29.3 Å². The molecule has 0 spiro atoms. The Labute approximate surface area is 141 Å². The van der Waals surface area contributed by atoms with Crippen LogP contribution in [0.1, 0.15) is 47.5 Å². The van der Waals surface area contributed by atoms with Crippen molar-refractivity contribution in [3.8, 4) is 0 Å². The highest BCUT2D eigenvalue weighted by Gasteiger charge is 2.37. The predicted molar refractivity (Wildman–Crippen MR) is 90.5 cm³/mol. The quantitative estimate of drug-likeness (QED) is 0.887. The molecule has 24 heavy (non-hydrogen) atoms. The van der Waals surface area contributed by atoms with Crippen molar-refractivity contribution in [3.05, 3.63) is 59.5 Å². The van der Waals surface area contributed by atoms with E-state index in [2.05, 4.69) is 5.32 Å². The summed E-state index contributed by atoms with van der Waals surface area (Å²) in [5.74, 6) is 0.465. The van der Waals surface area contributed by atoms with Gasteiger partial charge in [-0.25, -0.2) is 0 Å². The van der Waals surface area contributed by atoms with Crippen LogP contribution in [0.25, 0.3) is 0 Å². The number of carbonyl (C=O) groups excluding carboxylic acids is 2. The van der Waals surface area contributed by atoms with E-state index >= 15 is 0 Å². The Bertz CT molecular complexity index is 720. The topological polar surface area (TPSA) is 62.6 Å². The molecule has 5 heteroatoms. The zero-order valence-electron chi connectivity index (χ0n) is 14.0. The van der Waals surface area contributed by atoms with Crippen molar-refractivity contribution in [2.75, 3.05) is 6.54 Å². The Morgan fingerprint density at radius 3 is 2.62 bits per heavy atom. The zero-order valence-corrected chi connectivity index (χ0v) is 14.0. The zero-order chi connectivity index (χ0) is 17.1. The number of nitrogens with zero attached hydrogens (tertiary/aromatic N) is 1. The van der Waals surface area contributed by atoms with E-state index < -0.39 is 0 Å². The molecule has 0 unspecified atom stereocenters. The molecule has 126 valence electrons. The van der Waals surface area contributed by atoms with E-state index in [9.17, 15) is 9.59 Å². The molecule has 1 aliphatic carbocycles. The van der Waals surface area contributed by atoms with Crippen LogP contribution in [0.3, 0.4) is 0 Å². The average Bonchev–Trinajstić information content (AvgIpc) is 3.24. The molecule has 1 heterocycles. The van der Waals surface area contributed by atoms with Crippen molar-refractivity contribution < 1.29 is 14.0 Å². The second-order valence-corrected chi connectivity index (χ2v) is 6.22. The highest BCUT2D eigenvalue weighted by Crippen LogP contribution is 2.34. The summed E-state index contributed by atoms with van der Waals surface area (Å²) in [6.07, 6.45) is 3.62. The van der Waals surface area contributed by atoms with Gasteiger partial charge >= 0.3 is 0 Å². The lowest BCUT2D eigenvalue weighted by Crippen LogP contribution is -2.42. The second kappa shape index (κ2) is 6.91. The van der Waals surface area contributed by atoms with Crippen LogP contribution in [0.4, 0.5) is 0 Å². The van der Waals surface area contributed by atoms with E-state index in [4.69, 9.17) is 4.42 Å². The Balaban J connectivity index is 1.64. The van der Waals surface area contributed by atoms with Crippen LogP contribution in [-0.2, 0) is 4.79 Å². The normalized spacial score (nSPS) is 14.9. The van der Waals surface area contributed by atoms with Gasteiger partial charge < -0.3 is 14.6 Å². The van der Waals surface area contributed by atoms with Gasteiger partial charge in [0, 0.05) is 11.6 Å². The van der Waals surface area contributed by atoms with Crippen LogP contribution >= 0.6 is 0 Å². The third kappa shape index (κ3) is 3.50. The minimum atomic E-state index is -0.220. The van der Waals surface area contributed by atoms with Crippen molar-refractivity contribution in [1.29, 1.82) is 0 Å². The van der Waals surface area contributed by atoms with E-state index in [-0.39, 0.29) is 30.4 Å². The first-order valence-corrected chi connectivity index (χ1v) is 8.26. The molecule has 1 saturated carbocycles. The fourth-order valence-electron chi connectivity index (χ4n) is 2.92. The molecule has 0 aliphatic heterocycles. The maximum absolute atomic E-state index is 12.7. The standard InChI is InChI=1S/C19H22N2O3/c1-13-6-3-4-7-16(13)19(23)20-12-18(22)21(15-9-10-15)14(2)17-8-5-11-24-17/h3-8,11,14-15H,9-10,12H2,1-2H3,(H,20,23)/t14-/m1/s1. The molecule has 5 nitrogen and oxygen atoms in total. The molecular weight excluding hydrogens is 304 g/mol. The fourth-order valence-corrected chi connectivity index (χ4v) is 2.92. The summed E-state index contributed by atoms with van der Waals surface area (Å²) in [6.45, 7) is 3.83. The molecule has 1 atom stereocenters. The van der Waals surface area contributed by atoms with Gasteiger partial charge in [0.05, 0.1) is 18.8 Å². The largest absolute Gasteiger partial charge is 0.467 e. The lowest BCUT2D eigenvalue weighted by Gasteiger charge is -2.28. The number of aryl methyl sites for hydroxylation is 1. The van der Waals surface area contributed by atoms with Crippen LogP contribution in [0, 0.1) is 6.92 Å².